The lowest BCUT2D eigenvalue weighted by molar-refractivity contribution is -0.117. The molecule has 0 aliphatic heterocycles. The lowest BCUT2D eigenvalue weighted by Gasteiger charge is -2.08. The lowest BCUT2D eigenvalue weighted by Crippen LogP contribution is -2.28. The van der Waals surface area contributed by atoms with E-state index in [1.807, 2.05) is 4.72 Å². The molecule has 0 aliphatic rings. The maximum Gasteiger partial charge on any atom is 0.264 e. The highest BCUT2D eigenvalue weighted by molar-refractivity contribution is 7.90. The Morgan fingerprint density at radius 1 is 0.852 bits per heavy atom. The van der Waals surface area contributed by atoms with E-state index in [2.05, 4.69) is 10.6 Å². The number of carbonyl (C=O) groups is 3. The Morgan fingerprint density at radius 2 is 1.37 bits per heavy atom. The van der Waals surface area contributed by atoms with Gasteiger partial charge in [-0.2, -0.15) is 0 Å². The van der Waals surface area contributed by atoms with Gasteiger partial charge < -0.3 is 10.6 Å². The summed E-state index contributed by atoms with van der Waals surface area (Å²) in [6, 6.07) is 11.8. The standard InChI is InChI=1S/C18H19N3O5S/c1-3-17(23)19-14-6-4-13(5-7-14)18(24)20-15-8-10-16(11-9-15)27(25,26)21-12(2)22/h4-11H,3H2,1-2H3,(H,19,23)(H,20,24)(H,21,22). The molecule has 3 amide bonds. The molecular formula is C18H19N3O5S. The van der Waals surface area contributed by atoms with E-state index in [9.17, 15) is 22.8 Å². The highest BCUT2D eigenvalue weighted by atomic mass is 32.2. The third kappa shape index (κ3) is 5.65. The zero-order valence-corrected chi connectivity index (χ0v) is 15.6. The van der Waals surface area contributed by atoms with Crippen LogP contribution in [-0.4, -0.2) is 26.1 Å². The number of benzene rings is 2. The average Bonchev–Trinajstić information content (AvgIpc) is 2.61. The fourth-order valence-electron chi connectivity index (χ4n) is 2.12. The van der Waals surface area contributed by atoms with Gasteiger partial charge in [0.15, 0.2) is 0 Å². The molecule has 0 fully saturated rings. The highest BCUT2D eigenvalue weighted by Gasteiger charge is 2.15. The van der Waals surface area contributed by atoms with Gasteiger partial charge in [-0.3, -0.25) is 14.4 Å². The fourth-order valence-corrected chi connectivity index (χ4v) is 3.11. The highest BCUT2D eigenvalue weighted by Crippen LogP contribution is 2.16. The molecule has 2 aromatic carbocycles. The van der Waals surface area contributed by atoms with Gasteiger partial charge in [0.1, 0.15) is 0 Å². The zero-order valence-electron chi connectivity index (χ0n) is 14.8. The summed E-state index contributed by atoms with van der Waals surface area (Å²) >= 11 is 0. The number of hydrogen-bond donors (Lipinski definition) is 3. The molecule has 0 aromatic heterocycles. The van der Waals surface area contributed by atoms with Gasteiger partial charge in [0.25, 0.3) is 15.9 Å². The Bertz CT molecular complexity index is 951. The molecule has 0 saturated heterocycles. The van der Waals surface area contributed by atoms with Crippen molar-refractivity contribution in [3.8, 4) is 0 Å². The van der Waals surface area contributed by atoms with Crippen LogP contribution in [0.5, 0.6) is 0 Å². The number of nitrogens with one attached hydrogen (secondary N) is 3. The number of amides is 3. The van der Waals surface area contributed by atoms with Crippen LogP contribution in [-0.2, 0) is 19.6 Å². The zero-order chi connectivity index (χ0) is 20.0. The summed E-state index contributed by atoms with van der Waals surface area (Å²) in [5, 5.41) is 5.32. The van der Waals surface area contributed by atoms with Crippen molar-refractivity contribution in [2.75, 3.05) is 10.6 Å². The molecule has 27 heavy (non-hydrogen) atoms. The molecule has 142 valence electrons. The van der Waals surface area contributed by atoms with Crippen LogP contribution in [0.15, 0.2) is 53.4 Å². The molecule has 3 N–H and O–H groups in total. The van der Waals surface area contributed by atoms with Crippen molar-refractivity contribution < 1.29 is 22.8 Å². The summed E-state index contributed by atoms with van der Waals surface area (Å²) in [5.41, 5.74) is 1.36. The quantitative estimate of drug-likeness (QED) is 0.699. The third-order valence-corrected chi connectivity index (χ3v) is 4.90. The van der Waals surface area contributed by atoms with Crippen LogP contribution in [0, 0.1) is 0 Å². The molecule has 0 atom stereocenters. The minimum atomic E-state index is -3.92. The number of rotatable bonds is 6. The van der Waals surface area contributed by atoms with Gasteiger partial charge >= 0.3 is 0 Å². The van der Waals surface area contributed by atoms with E-state index in [1.165, 1.54) is 24.3 Å². The van der Waals surface area contributed by atoms with E-state index in [0.717, 1.165) is 6.92 Å². The molecule has 9 heteroatoms. The second kappa shape index (κ2) is 8.45. The van der Waals surface area contributed by atoms with Crippen LogP contribution in [0.4, 0.5) is 11.4 Å². The molecule has 2 aromatic rings. The first-order valence-corrected chi connectivity index (χ1v) is 9.54. The normalized spacial score (nSPS) is 10.7. The second-order valence-corrected chi connectivity index (χ2v) is 7.30. The van der Waals surface area contributed by atoms with Crippen molar-refractivity contribution >= 4 is 39.1 Å². The molecule has 0 unspecified atom stereocenters. The van der Waals surface area contributed by atoms with Crippen LogP contribution in [0.25, 0.3) is 0 Å². The summed E-state index contributed by atoms with van der Waals surface area (Å²) in [4.78, 5) is 34.4. The van der Waals surface area contributed by atoms with Gasteiger partial charge in [-0.05, 0) is 48.5 Å². The topological polar surface area (TPSA) is 121 Å². The van der Waals surface area contributed by atoms with Crippen LogP contribution in [0.3, 0.4) is 0 Å². The van der Waals surface area contributed by atoms with Crippen molar-refractivity contribution in [2.45, 2.75) is 25.2 Å². The summed E-state index contributed by atoms with van der Waals surface area (Å²) in [6.45, 7) is 2.84. The summed E-state index contributed by atoms with van der Waals surface area (Å²) in [6.07, 6.45) is 0.357. The van der Waals surface area contributed by atoms with E-state index >= 15 is 0 Å². The monoisotopic (exact) mass is 389 g/mol. The third-order valence-electron chi connectivity index (χ3n) is 3.45. The minimum Gasteiger partial charge on any atom is -0.326 e. The first-order valence-electron chi connectivity index (χ1n) is 8.06. The Balaban J connectivity index is 2.05. The SMILES string of the molecule is CCC(=O)Nc1ccc(C(=O)Nc2ccc(S(=O)(=O)NC(C)=O)cc2)cc1. The summed E-state index contributed by atoms with van der Waals surface area (Å²) in [7, 11) is -3.92. The molecule has 8 nitrogen and oxygen atoms in total. The van der Waals surface area contributed by atoms with Crippen molar-refractivity contribution in [1.29, 1.82) is 0 Å². The van der Waals surface area contributed by atoms with Gasteiger partial charge in [-0.25, -0.2) is 13.1 Å². The Morgan fingerprint density at radius 3 is 1.89 bits per heavy atom. The predicted octanol–water partition coefficient (Wildman–Crippen LogP) is 2.11. The van der Waals surface area contributed by atoms with Crippen molar-refractivity contribution in [3.63, 3.8) is 0 Å². The number of sulfonamides is 1. The number of carbonyl (C=O) groups excluding carboxylic acids is 3. The van der Waals surface area contributed by atoms with E-state index < -0.39 is 15.9 Å². The van der Waals surface area contributed by atoms with Gasteiger partial charge in [0.05, 0.1) is 4.90 Å². The maximum absolute atomic E-state index is 12.3. The molecule has 0 aliphatic carbocycles. The summed E-state index contributed by atoms with van der Waals surface area (Å²) < 4.78 is 25.6. The van der Waals surface area contributed by atoms with Gasteiger partial charge in [-0.1, -0.05) is 6.92 Å². The molecule has 2 rings (SSSR count). The Kier molecular flexibility index (Phi) is 6.30. The Hall–Kier alpha value is -3.20. The predicted molar refractivity (Wildman–Crippen MR) is 101 cm³/mol. The number of anilines is 2. The molecule has 0 bridgehead atoms. The molecule has 0 heterocycles. The molecule has 0 radical (unpaired) electrons. The fraction of sp³-hybridized carbons (Fsp3) is 0.167. The first kappa shape index (κ1) is 20.1. The maximum atomic E-state index is 12.3. The van der Waals surface area contributed by atoms with Gasteiger partial charge in [-0.15, -0.1) is 0 Å². The van der Waals surface area contributed by atoms with Crippen LogP contribution >= 0.6 is 0 Å². The molecule has 0 saturated carbocycles. The van der Waals surface area contributed by atoms with Gasteiger partial charge in [0, 0.05) is 30.3 Å². The largest absolute Gasteiger partial charge is 0.326 e. The molecule has 0 spiro atoms. The second-order valence-electron chi connectivity index (χ2n) is 5.62. The van der Waals surface area contributed by atoms with Crippen LogP contribution in [0.2, 0.25) is 0 Å². The first-order chi connectivity index (χ1) is 12.7. The number of hydrogen-bond acceptors (Lipinski definition) is 5. The van der Waals surface area contributed by atoms with E-state index in [1.54, 1.807) is 31.2 Å². The van der Waals surface area contributed by atoms with E-state index in [0.29, 0.717) is 23.4 Å². The minimum absolute atomic E-state index is 0.0910. The van der Waals surface area contributed by atoms with E-state index in [-0.39, 0.29) is 16.7 Å². The van der Waals surface area contributed by atoms with Crippen LogP contribution < -0.4 is 15.4 Å². The smallest absolute Gasteiger partial charge is 0.264 e. The van der Waals surface area contributed by atoms with Crippen molar-refractivity contribution in [2.24, 2.45) is 0 Å². The lowest BCUT2D eigenvalue weighted by atomic mass is 10.2. The Labute approximate surface area is 157 Å². The van der Waals surface area contributed by atoms with Crippen molar-refractivity contribution in [1.82, 2.24) is 4.72 Å². The van der Waals surface area contributed by atoms with E-state index in [4.69, 9.17) is 0 Å². The van der Waals surface area contributed by atoms with Gasteiger partial charge in [0.2, 0.25) is 11.8 Å². The van der Waals surface area contributed by atoms with Crippen molar-refractivity contribution in [3.05, 3.63) is 54.1 Å². The average molecular weight is 389 g/mol. The molecular weight excluding hydrogens is 370 g/mol. The van der Waals surface area contributed by atoms with Crippen LogP contribution in [0.1, 0.15) is 30.6 Å². The summed E-state index contributed by atoms with van der Waals surface area (Å²) in [5.74, 6) is -1.20.